The molecule has 1 fully saturated rings. The van der Waals surface area contributed by atoms with Gasteiger partial charge in [0.05, 0.1) is 0 Å². The largest absolute Gasteiger partial charge is 0.266 e. The highest BCUT2D eigenvalue weighted by Gasteiger charge is 2.20. The van der Waals surface area contributed by atoms with Gasteiger partial charge in [0.15, 0.2) is 0 Å². The topological polar surface area (TPSA) is 0 Å². The quantitative estimate of drug-likeness (QED) is 0.612. The third-order valence-electron chi connectivity index (χ3n) is 4.61. The van der Waals surface area contributed by atoms with Crippen molar-refractivity contribution in [3.8, 4) is 0 Å². The number of rotatable bonds is 5. The zero-order valence-electron chi connectivity index (χ0n) is 12.2. The Balaban J connectivity index is 1.87. The second kappa shape index (κ2) is 7.56. The number of halogens is 2. The summed E-state index contributed by atoms with van der Waals surface area (Å²) >= 11 is 0. The highest BCUT2D eigenvalue weighted by Crippen LogP contribution is 2.36. The van der Waals surface area contributed by atoms with Crippen LogP contribution in [0.25, 0.3) is 0 Å². The lowest BCUT2D eigenvalue weighted by Crippen LogP contribution is -2.12. The van der Waals surface area contributed by atoms with Crippen molar-refractivity contribution in [2.75, 3.05) is 0 Å². The molecule has 1 aliphatic carbocycles. The minimum absolute atomic E-state index is 0.420. The van der Waals surface area contributed by atoms with Crippen LogP contribution in [0.3, 0.4) is 0 Å². The minimum Gasteiger partial charge on any atom is -0.174 e. The van der Waals surface area contributed by atoms with Gasteiger partial charge >= 0.3 is 0 Å². The van der Waals surface area contributed by atoms with Crippen LogP contribution in [0.1, 0.15) is 62.5 Å². The van der Waals surface area contributed by atoms with E-state index >= 15 is 0 Å². The lowest BCUT2D eigenvalue weighted by molar-refractivity contribution is 0.319. The van der Waals surface area contributed by atoms with Gasteiger partial charge < -0.3 is 0 Å². The Kier molecular flexibility index (Phi) is 5.75. The molecule has 0 unspecified atom stereocenters. The van der Waals surface area contributed by atoms with Crippen LogP contribution in [0.15, 0.2) is 36.4 Å². The van der Waals surface area contributed by atoms with E-state index in [1.54, 1.807) is 0 Å². The standard InChI is InChI=1S/C18H24F2/c1-2-14-6-10-16(11-7-14)17-12-8-15(9-13-17)4-3-5-18(19)20/h5,8-9,12-14,16H,2-4,6-7,10-11H2,1H3. The molecule has 2 heteroatoms. The summed E-state index contributed by atoms with van der Waals surface area (Å²) in [5, 5.41) is 0. The summed E-state index contributed by atoms with van der Waals surface area (Å²) in [7, 11) is 0. The van der Waals surface area contributed by atoms with Crippen molar-refractivity contribution in [2.45, 2.75) is 57.8 Å². The maximum atomic E-state index is 12.0. The molecule has 0 radical (unpaired) electrons. The highest BCUT2D eigenvalue weighted by atomic mass is 19.3. The number of benzene rings is 1. The van der Waals surface area contributed by atoms with Crippen LogP contribution >= 0.6 is 0 Å². The molecule has 0 aliphatic heterocycles. The van der Waals surface area contributed by atoms with Gasteiger partial charge in [-0.2, -0.15) is 8.78 Å². The fraction of sp³-hybridized carbons (Fsp3) is 0.556. The Morgan fingerprint density at radius 1 is 1.10 bits per heavy atom. The van der Waals surface area contributed by atoms with Gasteiger partial charge in [0.25, 0.3) is 6.08 Å². The van der Waals surface area contributed by atoms with Crippen molar-refractivity contribution >= 4 is 0 Å². The third-order valence-corrected chi connectivity index (χ3v) is 4.61. The Bertz CT molecular complexity index is 421. The van der Waals surface area contributed by atoms with Gasteiger partial charge in [0.2, 0.25) is 0 Å². The second-order valence-electron chi connectivity index (χ2n) is 5.90. The van der Waals surface area contributed by atoms with Gasteiger partial charge in [0.1, 0.15) is 0 Å². The summed E-state index contributed by atoms with van der Waals surface area (Å²) in [6.45, 7) is 2.29. The normalized spacial score (nSPS) is 22.6. The summed E-state index contributed by atoms with van der Waals surface area (Å²) in [5.41, 5.74) is 2.57. The molecule has 1 saturated carbocycles. The summed E-state index contributed by atoms with van der Waals surface area (Å²) in [6.07, 6.45) is 7.15. The Morgan fingerprint density at radius 3 is 2.30 bits per heavy atom. The molecule has 0 N–H and O–H groups in total. The molecule has 0 amide bonds. The van der Waals surface area contributed by atoms with Crippen LogP contribution in [0, 0.1) is 5.92 Å². The maximum absolute atomic E-state index is 12.0. The van der Waals surface area contributed by atoms with Crippen molar-refractivity contribution in [3.05, 3.63) is 47.5 Å². The maximum Gasteiger partial charge on any atom is 0.266 e. The Hall–Kier alpha value is -1.18. The molecule has 0 spiro atoms. The van der Waals surface area contributed by atoms with Crippen LogP contribution in [0.2, 0.25) is 0 Å². The van der Waals surface area contributed by atoms with Gasteiger partial charge in [-0.05, 0) is 67.6 Å². The minimum atomic E-state index is -1.57. The van der Waals surface area contributed by atoms with E-state index in [9.17, 15) is 8.78 Å². The lowest BCUT2D eigenvalue weighted by atomic mass is 9.78. The van der Waals surface area contributed by atoms with Crippen LogP contribution < -0.4 is 0 Å². The zero-order chi connectivity index (χ0) is 14.4. The zero-order valence-corrected chi connectivity index (χ0v) is 12.2. The molecule has 0 saturated heterocycles. The SMILES string of the molecule is CCC1CCC(c2ccc(CCC=C(F)F)cc2)CC1. The van der Waals surface area contributed by atoms with E-state index in [0.717, 1.165) is 17.6 Å². The van der Waals surface area contributed by atoms with Crippen LogP contribution in [0.4, 0.5) is 8.78 Å². The van der Waals surface area contributed by atoms with Crippen LogP contribution in [0.5, 0.6) is 0 Å². The molecule has 0 heterocycles. The molecule has 1 aromatic carbocycles. The van der Waals surface area contributed by atoms with Crippen molar-refractivity contribution < 1.29 is 8.78 Å². The monoisotopic (exact) mass is 278 g/mol. The molecule has 20 heavy (non-hydrogen) atoms. The third kappa shape index (κ3) is 4.43. The first-order valence-electron chi connectivity index (χ1n) is 7.79. The smallest absolute Gasteiger partial charge is 0.174 e. The number of aryl methyl sites for hydroxylation is 1. The Morgan fingerprint density at radius 2 is 1.75 bits per heavy atom. The average molecular weight is 278 g/mol. The molecule has 110 valence electrons. The van der Waals surface area contributed by atoms with E-state index in [1.165, 1.54) is 37.7 Å². The van der Waals surface area contributed by atoms with Gasteiger partial charge in [-0.25, -0.2) is 0 Å². The molecular formula is C18H24F2. The predicted molar refractivity (Wildman–Crippen MR) is 80.1 cm³/mol. The predicted octanol–water partition coefficient (Wildman–Crippen LogP) is 6.08. The van der Waals surface area contributed by atoms with Crippen LogP contribution in [-0.4, -0.2) is 0 Å². The average Bonchev–Trinajstić information content (AvgIpc) is 2.48. The van der Waals surface area contributed by atoms with E-state index in [4.69, 9.17) is 0 Å². The first kappa shape index (κ1) is 15.2. The fourth-order valence-electron chi connectivity index (χ4n) is 3.21. The van der Waals surface area contributed by atoms with Crippen molar-refractivity contribution in [3.63, 3.8) is 0 Å². The van der Waals surface area contributed by atoms with Gasteiger partial charge in [-0.1, -0.05) is 37.6 Å². The molecule has 0 aromatic heterocycles. The molecule has 0 nitrogen and oxygen atoms in total. The van der Waals surface area contributed by atoms with Gasteiger partial charge in [0, 0.05) is 0 Å². The van der Waals surface area contributed by atoms with Gasteiger partial charge in [-0.3, -0.25) is 0 Å². The Labute approximate surface area is 120 Å². The number of allylic oxidation sites excluding steroid dienone is 1. The molecular weight excluding hydrogens is 254 g/mol. The lowest BCUT2D eigenvalue weighted by Gasteiger charge is -2.28. The summed E-state index contributed by atoms with van der Waals surface area (Å²) in [4.78, 5) is 0. The second-order valence-corrected chi connectivity index (χ2v) is 5.90. The molecule has 0 bridgehead atoms. The van der Waals surface area contributed by atoms with E-state index in [-0.39, 0.29) is 0 Å². The fourth-order valence-corrected chi connectivity index (χ4v) is 3.21. The van der Waals surface area contributed by atoms with Crippen LogP contribution in [-0.2, 0) is 6.42 Å². The van der Waals surface area contributed by atoms with E-state index in [0.29, 0.717) is 18.8 Å². The highest BCUT2D eigenvalue weighted by molar-refractivity contribution is 5.26. The molecule has 1 aliphatic rings. The summed E-state index contributed by atoms with van der Waals surface area (Å²) < 4.78 is 23.9. The molecule has 1 aromatic rings. The summed E-state index contributed by atoms with van der Waals surface area (Å²) in [5.74, 6) is 1.63. The first-order chi connectivity index (χ1) is 9.69. The first-order valence-corrected chi connectivity index (χ1v) is 7.79. The van der Waals surface area contributed by atoms with E-state index < -0.39 is 6.08 Å². The molecule has 0 atom stereocenters. The number of hydrogen-bond donors (Lipinski definition) is 0. The number of hydrogen-bond acceptors (Lipinski definition) is 0. The van der Waals surface area contributed by atoms with E-state index in [2.05, 4.69) is 31.2 Å². The van der Waals surface area contributed by atoms with Crippen molar-refractivity contribution in [2.24, 2.45) is 5.92 Å². The van der Waals surface area contributed by atoms with E-state index in [1.807, 2.05) is 0 Å². The van der Waals surface area contributed by atoms with Gasteiger partial charge in [-0.15, -0.1) is 0 Å². The van der Waals surface area contributed by atoms with Crippen molar-refractivity contribution in [1.82, 2.24) is 0 Å². The summed E-state index contributed by atoms with van der Waals surface area (Å²) in [6, 6.07) is 8.60. The molecule has 2 rings (SSSR count). The van der Waals surface area contributed by atoms with Crippen molar-refractivity contribution in [1.29, 1.82) is 0 Å².